The number of hydrogen-bond donors (Lipinski definition) is 1. The van der Waals surface area contributed by atoms with Crippen LogP contribution in [-0.4, -0.2) is 36.5 Å². The van der Waals surface area contributed by atoms with E-state index in [2.05, 4.69) is 28.2 Å². The monoisotopic (exact) mass is 296 g/mol. The fourth-order valence-electron chi connectivity index (χ4n) is 2.08. The van der Waals surface area contributed by atoms with Crippen LogP contribution in [0.25, 0.3) is 0 Å². The van der Waals surface area contributed by atoms with E-state index in [1.807, 2.05) is 30.0 Å². The van der Waals surface area contributed by atoms with Gasteiger partial charge in [0.25, 0.3) is 5.91 Å². The highest BCUT2D eigenvalue weighted by Crippen LogP contribution is 2.20. The van der Waals surface area contributed by atoms with E-state index >= 15 is 0 Å². The lowest BCUT2D eigenvalue weighted by Gasteiger charge is -2.32. The van der Waals surface area contributed by atoms with Crippen molar-refractivity contribution in [3.8, 4) is 0 Å². The molecule has 0 bridgehead atoms. The van der Waals surface area contributed by atoms with Crippen LogP contribution in [0.4, 0.5) is 0 Å². The average molecular weight is 297 g/mol. The Morgan fingerprint density at radius 2 is 2.29 bits per heavy atom. The van der Waals surface area contributed by atoms with Crippen molar-refractivity contribution in [2.24, 2.45) is 0 Å². The molecule has 17 heavy (non-hydrogen) atoms. The van der Waals surface area contributed by atoms with Crippen molar-refractivity contribution < 1.29 is 4.79 Å². The Balaban J connectivity index is 2.18. The van der Waals surface area contributed by atoms with Crippen molar-refractivity contribution in [2.75, 3.05) is 19.6 Å². The molecule has 1 aromatic rings. The van der Waals surface area contributed by atoms with Gasteiger partial charge in [0.05, 0.1) is 5.56 Å². The molecule has 1 N–H and O–H groups in total. The molecule has 1 unspecified atom stereocenters. The number of nitrogens with one attached hydrogen (secondary N) is 1. The molecule has 0 aliphatic carbocycles. The van der Waals surface area contributed by atoms with Crippen molar-refractivity contribution in [3.63, 3.8) is 0 Å². The molecule has 92 valence electrons. The van der Waals surface area contributed by atoms with E-state index in [1.165, 1.54) is 0 Å². The van der Waals surface area contributed by atoms with Crippen LogP contribution in [-0.2, 0) is 0 Å². The SMILES string of the molecule is Cc1ccc(C(=O)N2CCNC(C)C2)c(Br)c1. The van der Waals surface area contributed by atoms with Crippen LogP contribution in [0, 0.1) is 6.92 Å². The van der Waals surface area contributed by atoms with Gasteiger partial charge in [-0.25, -0.2) is 0 Å². The zero-order chi connectivity index (χ0) is 12.4. The number of hydrogen-bond acceptors (Lipinski definition) is 2. The predicted molar refractivity (Wildman–Crippen MR) is 72.2 cm³/mol. The summed E-state index contributed by atoms with van der Waals surface area (Å²) in [7, 11) is 0. The van der Waals surface area contributed by atoms with Crippen molar-refractivity contribution >= 4 is 21.8 Å². The third-order valence-corrected chi connectivity index (χ3v) is 3.67. The Morgan fingerprint density at radius 1 is 1.53 bits per heavy atom. The Hall–Kier alpha value is -0.870. The van der Waals surface area contributed by atoms with Gasteiger partial charge in [-0.3, -0.25) is 4.79 Å². The minimum absolute atomic E-state index is 0.116. The van der Waals surface area contributed by atoms with E-state index in [-0.39, 0.29) is 5.91 Å². The van der Waals surface area contributed by atoms with E-state index in [0.29, 0.717) is 6.04 Å². The van der Waals surface area contributed by atoms with E-state index in [4.69, 9.17) is 0 Å². The van der Waals surface area contributed by atoms with Gasteiger partial charge in [0.2, 0.25) is 0 Å². The first-order valence-electron chi connectivity index (χ1n) is 5.87. The number of piperazine rings is 1. The molecule has 2 rings (SSSR count). The summed E-state index contributed by atoms with van der Waals surface area (Å²) in [4.78, 5) is 14.3. The lowest BCUT2D eigenvalue weighted by atomic mass is 10.1. The second kappa shape index (κ2) is 5.19. The summed E-state index contributed by atoms with van der Waals surface area (Å²) in [5, 5.41) is 3.34. The Morgan fingerprint density at radius 3 is 2.94 bits per heavy atom. The molecule has 1 saturated heterocycles. The molecule has 1 aromatic carbocycles. The van der Waals surface area contributed by atoms with E-state index in [1.54, 1.807) is 0 Å². The molecule has 1 heterocycles. The zero-order valence-electron chi connectivity index (χ0n) is 10.2. The first-order valence-corrected chi connectivity index (χ1v) is 6.66. The fourth-order valence-corrected chi connectivity index (χ4v) is 2.74. The zero-order valence-corrected chi connectivity index (χ0v) is 11.8. The molecule has 3 nitrogen and oxygen atoms in total. The summed E-state index contributed by atoms with van der Waals surface area (Å²) in [6.45, 7) is 6.55. The lowest BCUT2D eigenvalue weighted by Crippen LogP contribution is -2.51. The Labute approximate surface area is 110 Å². The smallest absolute Gasteiger partial charge is 0.255 e. The molecule has 1 aliphatic heterocycles. The van der Waals surface area contributed by atoms with Crippen molar-refractivity contribution in [1.29, 1.82) is 0 Å². The number of rotatable bonds is 1. The van der Waals surface area contributed by atoms with Crippen LogP contribution in [0.15, 0.2) is 22.7 Å². The van der Waals surface area contributed by atoms with Gasteiger partial charge in [-0.05, 0) is 47.5 Å². The first-order chi connectivity index (χ1) is 8.08. The molecule has 0 radical (unpaired) electrons. The standard InChI is InChI=1S/C13H17BrN2O/c1-9-3-4-11(12(14)7-9)13(17)16-6-5-15-10(2)8-16/h3-4,7,10,15H,5-6,8H2,1-2H3. The van der Waals surface area contributed by atoms with E-state index < -0.39 is 0 Å². The summed E-state index contributed by atoms with van der Waals surface area (Å²) in [5.74, 6) is 0.116. The van der Waals surface area contributed by atoms with Gasteiger partial charge in [-0.1, -0.05) is 6.07 Å². The molecule has 0 spiro atoms. The fraction of sp³-hybridized carbons (Fsp3) is 0.462. The predicted octanol–water partition coefficient (Wildman–Crippen LogP) is 2.19. The number of carbonyl (C=O) groups is 1. The maximum atomic E-state index is 12.3. The molecule has 4 heteroatoms. The topological polar surface area (TPSA) is 32.3 Å². The van der Waals surface area contributed by atoms with Crippen LogP contribution in [0.3, 0.4) is 0 Å². The second-order valence-corrected chi connectivity index (χ2v) is 5.44. The van der Waals surface area contributed by atoms with Gasteiger partial charge >= 0.3 is 0 Å². The molecular weight excluding hydrogens is 280 g/mol. The number of nitrogens with zero attached hydrogens (tertiary/aromatic N) is 1. The van der Waals surface area contributed by atoms with Gasteiger partial charge in [0.1, 0.15) is 0 Å². The van der Waals surface area contributed by atoms with Gasteiger partial charge in [0.15, 0.2) is 0 Å². The van der Waals surface area contributed by atoms with Gasteiger partial charge in [-0.15, -0.1) is 0 Å². The third-order valence-electron chi connectivity index (χ3n) is 3.01. The highest BCUT2D eigenvalue weighted by molar-refractivity contribution is 9.10. The van der Waals surface area contributed by atoms with Crippen molar-refractivity contribution in [2.45, 2.75) is 19.9 Å². The molecule has 1 atom stereocenters. The minimum Gasteiger partial charge on any atom is -0.336 e. The highest BCUT2D eigenvalue weighted by atomic mass is 79.9. The van der Waals surface area contributed by atoms with Crippen LogP contribution in [0.5, 0.6) is 0 Å². The minimum atomic E-state index is 0.116. The first kappa shape index (κ1) is 12.6. The Bertz CT molecular complexity index is 433. The molecule has 1 amide bonds. The normalized spacial score (nSPS) is 20.4. The van der Waals surface area contributed by atoms with Crippen molar-refractivity contribution in [3.05, 3.63) is 33.8 Å². The molecule has 0 aromatic heterocycles. The average Bonchev–Trinajstić information content (AvgIpc) is 2.28. The highest BCUT2D eigenvalue weighted by Gasteiger charge is 2.22. The van der Waals surface area contributed by atoms with Crippen LogP contribution in [0.1, 0.15) is 22.8 Å². The summed E-state index contributed by atoms with van der Waals surface area (Å²) in [6.07, 6.45) is 0. The van der Waals surface area contributed by atoms with Crippen LogP contribution in [0.2, 0.25) is 0 Å². The summed E-state index contributed by atoms with van der Waals surface area (Å²) in [6, 6.07) is 6.23. The Kier molecular flexibility index (Phi) is 3.84. The number of carbonyl (C=O) groups excluding carboxylic acids is 1. The number of amides is 1. The maximum absolute atomic E-state index is 12.3. The largest absolute Gasteiger partial charge is 0.336 e. The number of halogens is 1. The quantitative estimate of drug-likeness (QED) is 0.862. The van der Waals surface area contributed by atoms with Crippen molar-refractivity contribution in [1.82, 2.24) is 10.2 Å². The summed E-state index contributed by atoms with van der Waals surface area (Å²) < 4.78 is 0.883. The summed E-state index contributed by atoms with van der Waals surface area (Å²) in [5.41, 5.74) is 1.91. The van der Waals surface area contributed by atoms with Crippen LogP contribution < -0.4 is 5.32 Å². The molecule has 1 fully saturated rings. The van der Waals surface area contributed by atoms with Gasteiger partial charge < -0.3 is 10.2 Å². The summed E-state index contributed by atoms with van der Waals surface area (Å²) >= 11 is 3.47. The van der Waals surface area contributed by atoms with Gasteiger partial charge in [0, 0.05) is 30.1 Å². The molecule has 1 aliphatic rings. The third kappa shape index (κ3) is 2.87. The van der Waals surface area contributed by atoms with E-state index in [0.717, 1.165) is 35.2 Å². The molecule has 0 saturated carbocycles. The van der Waals surface area contributed by atoms with Gasteiger partial charge in [-0.2, -0.15) is 0 Å². The maximum Gasteiger partial charge on any atom is 0.255 e. The number of aryl methyl sites for hydroxylation is 1. The number of benzene rings is 1. The molecular formula is C13H17BrN2O. The van der Waals surface area contributed by atoms with E-state index in [9.17, 15) is 4.79 Å². The second-order valence-electron chi connectivity index (χ2n) is 4.59. The van der Waals surface area contributed by atoms with Crippen LogP contribution >= 0.6 is 15.9 Å². The lowest BCUT2D eigenvalue weighted by molar-refractivity contribution is 0.0708.